The molecule has 0 aromatic heterocycles. The van der Waals surface area contributed by atoms with E-state index in [1.807, 2.05) is 12.1 Å². The molecule has 1 saturated heterocycles. The minimum Gasteiger partial charge on any atom is -0.465 e. The van der Waals surface area contributed by atoms with Crippen LogP contribution in [0.2, 0.25) is 5.04 Å². The minimum atomic E-state index is -2.65. The van der Waals surface area contributed by atoms with Gasteiger partial charge in [0.15, 0.2) is 0 Å². The average Bonchev–Trinajstić information content (AvgIpc) is 3.04. The van der Waals surface area contributed by atoms with Crippen LogP contribution in [0.1, 0.15) is 27.2 Å². The van der Waals surface area contributed by atoms with Crippen LogP contribution in [0.15, 0.2) is 72.8 Å². The predicted octanol–water partition coefficient (Wildman–Crippen LogP) is 3.87. The summed E-state index contributed by atoms with van der Waals surface area (Å²) in [5.41, 5.74) is 0.943. The van der Waals surface area contributed by atoms with Crippen molar-refractivity contribution in [2.75, 3.05) is 13.2 Å². The van der Waals surface area contributed by atoms with Gasteiger partial charge in [-0.3, -0.25) is 4.90 Å². The fraction of sp³-hybridized carbons (Fsp3) is 0.348. The molecular formula is C23H29NO3Si. The van der Waals surface area contributed by atoms with E-state index in [1.165, 1.54) is 15.3 Å². The van der Waals surface area contributed by atoms with Crippen LogP contribution in [-0.4, -0.2) is 43.6 Å². The highest BCUT2D eigenvalue weighted by atomic mass is 28.4. The third kappa shape index (κ3) is 3.77. The Bertz CT molecular complexity index is 790. The van der Waals surface area contributed by atoms with Crippen LogP contribution in [0.3, 0.4) is 0 Å². The molecule has 4 nitrogen and oxygen atoms in total. The van der Waals surface area contributed by atoms with Crippen LogP contribution in [0.5, 0.6) is 0 Å². The zero-order valence-corrected chi connectivity index (χ0v) is 17.9. The Kier molecular flexibility index (Phi) is 5.77. The largest absolute Gasteiger partial charge is 0.465 e. The molecule has 1 atom stereocenters. The number of likely N-dealkylation sites (tertiary alicyclic amines) is 1. The number of hydrogen-bond acceptors (Lipinski definition) is 2. The normalized spacial score (nSPS) is 17.8. The SMILES string of the molecule is C=C1CC(CO[Si](c2ccccc2)(c2ccccc2)C(C)(C)C)N(C(=O)O)C1. The summed E-state index contributed by atoms with van der Waals surface area (Å²) in [7, 11) is -2.65. The van der Waals surface area contributed by atoms with Crippen molar-refractivity contribution in [1.82, 2.24) is 4.90 Å². The zero-order valence-electron chi connectivity index (χ0n) is 16.9. The fourth-order valence-corrected chi connectivity index (χ4v) is 8.83. The molecule has 1 amide bonds. The van der Waals surface area contributed by atoms with Gasteiger partial charge in [0.2, 0.25) is 0 Å². The molecule has 2 aromatic rings. The molecule has 1 aliphatic heterocycles. The van der Waals surface area contributed by atoms with E-state index < -0.39 is 14.4 Å². The fourth-order valence-electron chi connectivity index (χ4n) is 4.23. The van der Waals surface area contributed by atoms with E-state index in [9.17, 15) is 9.90 Å². The highest BCUT2D eigenvalue weighted by Crippen LogP contribution is 2.37. The van der Waals surface area contributed by atoms with Gasteiger partial charge in [-0.25, -0.2) is 4.79 Å². The molecule has 1 fully saturated rings. The molecule has 1 heterocycles. The van der Waals surface area contributed by atoms with Gasteiger partial charge in [-0.05, 0) is 21.8 Å². The van der Waals surface area contributed by atoms with E-state index in [0.29, 0.717) is 19.6 Å². The summed E-state index contributed by atoms with van der Waals surface area (Å²) in [4.78, 5) is 13.1. The van der Waals surface area contributed by atoms with E-state index in [2.05, 4.69) is 75.9 Å². The first kappa shape index (κ1) is 20.4. The van der Waals surface area contributed by atoms with Crippen molar-refractivity contribution < 1.29 is 14.3 Å². The number of benzene rings is 2. The van der Waals surface area contributed by atoms with Crippen molar-refractivity contribution in [2.45, 2.75) is 38.3 Å². The van der Waals surface area contributed by atoms with Crippen molar-refractivity contribution in [2.24, 2.45) is 0 Å². The van der Waals surface area contributed by atoms with Crippen LogP contribution in [0.25, 0.3) is 0 Å². The van der Waals surface area contributed by atoms with Crippen molar-refractivity contribution in [3.63, 3.8) is 0 Å². The number of amides is 1. The van der Waals surface area contributed by atoms with Gasteiger partial charge in [0.1, 0.15) is 0 Å². The van der Waals surface area contributed by atoms with Gasteiger partial charge in [-0.2, -0.15) is 0 Å². The van der Waals surface area contributed by atoms with Gasteiger partial charge in [-0.1, -0.05) is 93.6 Å². The first-order chi connectivity index (χ1) is 13.3. The first-order valence-corrected chi connectivity index (χ1v) is 11.6. The van der Waals surface area contributed by atoms with Gasteiger partial charge in [-0.15, -0.1) is 0 Å². The molecule has 1 aliphatic rings. The topological polar surface area (TPSA) is 49.8 Å². The maximum Gasteiger partial charge on any atom is 0.407 e. The van der Waals surface area contributed by atoms with Gasteiger partial charge in [0, 0.05) is 6.54 Å². The lowest BCUT2D eigenvalue weighted by Crippen LogP contribution is -2.67. The molecule has 2 aromatic carbocycles. The Morgan fingerprint density at radius 2 is 1.61 bits per heavy atom. The average molecular weight is 396 g/mol. The lowest BCUT2D eigenvalue weighted by Gasteiger charge is -2.43. The third-order valence-electron chi connectivity index (χ3n) is 5.51. The molecule has 1 unspecified atom stereocenters. The standard InChI is InChI=1S/C23H29NO3Si/c1-18-15-19(24(16-18)22(25)26)17-27-28(23(2,3)4,20-11-7-5-8-12-20)21-13-9-6-10-14-21/h5-14,19H,1,15-17H2,2-4H3,(H,25,26). The summed E-state index contributed by atoms with van der Waals surface area (Å²) >= 11 is 0. The van der Waals surface area contributed by atoms with Gasteiger partial charge in [0.25, 0.3) is 8.32 Å². The highest BCUT2D eigenvalue weighted by molar-refractivity contribution is 6.99. The van der Waals surface area contributed by atoms with E-state index in [0.717, 1.165) is 5.57 Å². The molecule has 28 heavy (non-hydrogen) atoms. The Morgan fingerprint density at radius 3 is 2.04 bits per heavy atom. The van der Waals surface area contributed by atoms with Gasteiger partial charge >= 0.3 is 6.09 Å². The Labute approximate surface area is 168 Å². The van der Waals surface area contributed by atoms with E-state index in [-0.39, 0.29) is 11.1 Å². The Morgan fingerprint density at radius 1 is 1.11 bits per heavy atom. The smallest absolute Gasteiger partial charge is 0.407 e. The molecular weight excluding hydrogens is 366 g/mol. The summed E-state index contributed by atoms with van der Waals surface area (Å²) in [6.07, 6.45) is -0.250. The number of nitrogens with zero attached hydrogens (tertiary/aromatic N) is 1. The van der Waals surface area contributed by atoms with Gasteiger partial charge in [0.05, 0.1) is 12.6 Å². The van der Waals surface area contributed by atoms with Crippen LogP contribution in [-0.2, 0) is 4.43 Å². The van der Waals surface area contributed by atoms with Crippen LogP contribution >= 0.6 is 0 Å². The lowest BCUT2D eigenvalue weighted by molar-refractivity contribution is 0.121. The summed E-state index contributed by atoms with van der Waals surface area (Å²) in [5.74, 6) is 0. The second kappa shape index (κ2) is 7.93. The van der Waals surface area contributed by atoms with Crippen LogP contribution in [0, 0.1) is 0 Å². The van der Waals surface area contributed by atoms with Crippen molar-refractivity contribution in [3.8, 4) is 0 Å². The van der Waals surface area contributed by atoms with Crippen molar-refractivity contribution in [3.05, 3.63) is 72.8 Å². The molecule has 0 radical (unpaired) electrons. The zero-order chi connectivity index (χ0) is 20.4. The summed E-state index contributed by atoms with van der Waals surface area (Å²) in [6, 6.07) is 20.6. The Hall–Kier alpha value is -2.37. The second-order valence-corrected chi connectivity index (χ2v) is 12.8. The maximum absolute atomic E-state index is 11.7. The van der Waals surface area contributed by atoms with E-state index in [1.54, 1.807) is 0 Å². The lowest BCUT2D eigenvalue weighted by atomic mass is 10.2. The molecule has 3 rings (SSSR count). The molecule has 1 N–H and O–H groups in total. The molecule has 148 valence electrons. The van der Waals surface area contributed by atoms with Crippen LogP contribution < -0.4 is 10.4 Å². The number of carboxylic acid groups (broad SMARTS) is 1. The Balaban J connectivity index is 2.04. The molecule has 0 saturated carbocycles. The summed E-state index contributed by atoms with van der Waals surface area (Å²) in [5, 5.41) is 11.8. The van der Waals surface area contributed by atoms with Gasteiger partial charge < -0.3 is 9.53 Å². The minimum absolute atomic E-state index is 0.126. The molecule has 0 aliphatic carbocycles. The summed E-state index contributed by atoms with van der Waals surface area (Å²) in [6.45, 7) is 11.4. The van der Waals surface area contributed by atoms with E-state index in [4.69, 9.17) is 4.43 Å². The number of carbonyl (C=O) groups is 1. The van der Waals surface area contributed by atoms with Crippen molar-refractivity contribution >= 4 is 24.8 Å². The third-order valence-corrected chi connectivity index (χ3v) is 10.5. The number of hydrogen-bond donors (Lipinski definition) is 1. The van der Waals surface area contributed by atoms with Crippen molar-refractivity contribution in [1.29, 1.82) is 0 Å². The molecule has 5 heteroatoms. The van der Waals surface area contributed by atoms with Crippen LogP contribution in [0.4, 0.5) is 4.79 Å². The maximum atomic E-state index is 11.7. The monoisotopic (exact) mass is 395 g/mol. The quantitative estimate of drug-likeness (QED) is 0.618. The second-order valence-electron chi connectivity index (χ2n) is 8.49. The molecule has 0 spiro atoms. The highest BCUT2D eigenvalue weighted by Gasteiger charge is 2.50. The molecule has 0 bridgehead atoms. The first-order valence-electron chi connectivity index (χ1n) is 9.67. The van der Waals surface area contributed by atoms with E-state index >= 15 is 0 Å². The number of rotatable bonds is 5. The summed E-state index contributed by atoms with van der Waals surface area (Å²) < 4.78 is 6.87. The predicted molar refractivity (Wildman–Crippen MR) is 116 cm³/mol.